The van der Waals surface area contributed by atoms with E-state index >= 15 is 0 Å². The maximum Gasteiger partial charge on any atom is 0.257 e. The van der Waals surface area contributed by atoms with Gasteiger partial charge in [-0.15, -0.1) is 11.3 Å². The van der Waals surface area contributed by atoms with Crippen molar-refractivity contribution in [2.75, 3.05) is 0 Å². The van der Waals surface area contributed by atoms with Crippen LogP contribution in [0.5, 0.6) is 0 Å². The summed E-state index contributed by atoms with van der Waals surface area (Å²) in [7, 11) is 1.86. The van der Waals surface area contributed by atoms with Crippen LogP contribution in [0.3, 0.4) is 0 Å². The van der Waals surface area contributed by atoms with Crippen molar-refractivity contribution in [3.05, 3.63) is 59.0 Å². The van der Waals surface area contributed by atoms with E-state index in [0.29, 0.717) is 17.8 Å². The van der Waals surface area contributed by atoms with Gasteiger partial charge in [-0.25, -0.2) is 9.50 Å². The zero-order valence-corrected chi connectivity index (χ0v) is 14.6. The third-order valence-electron chi connectivity index (χ3n) is 3.95. The van der Waals surface area contributed by atoms with Gasteiger partial charge < -0.3 is 5.32 Å². The van der Waals surface area contributed by atoms with Crippen LogP contribution in [-0.2, 0) is 13.6 Å². The standard InChI is InChI=1S/C17H16N6OS/c1-11-8-12(22(2)21-11)9-19-17(24)13-10-20-23-14(5-6-18-16(13)23)15-4-3-7-25-15/h3-8,10H,9H2,1-2H3,(H,19,24). The summed E-state index contributed by atoms with van der Waals surface area (Å²) in [6, 6.07) is 7.85. The lowest BCUT2D eigenvalue weighted by atomic mass is 10.3. The predicted octanol–water partition coefficient (Wildman–Crippen LogP) is 2.43. The summed E-state index contributed by atoms with van der Waals surface area (Å²) >= 11 is 1.62. The zero-order chi connectivity index (χ0) is 17.4. The van der Waals surface area contributed by atoms with Crippen molar-refractivity contribution in [3.8, 4) is 10.6 Å². The van der Waals surface area contributed by atoms with E-state index in [4.69, 9.17) is 0 Å². The number of rotatable bonds is 4. The lowest BCUT2D eigenvalue weighted by Gasteiger charge is -2.05. The first-order valence-corrected chi connectivity index (χ1v) is 8.66. The van der Waals surface area contributed by atoms with Gasteiger partial charge in [0.1, 0.15) is 5.56 Å². The second-order valence-electron chi connectivity index (χ2n) is 5.68. The van der Waals surface area contributed by atoms with E-state index in [2.05, 4.69) is 20.5 Å². The van der Waals surface area contributed by atoms with Crippen LogP contribution in [0, 0.1) is 6.92 Å². The molecule has 1 N–H and O–H groups in total. The van der Waals surface area contributed by atoms with Crippen LogP contribution in [0.25, 0.3) is 16.2 Å². The molecule has 0 aliphatic rings. The highest BCUT2D eigenvalue weighted by Gasteiger charge is 2.16. The fourth-order valence-corrected chi connectivity index (χ4v) is 3.49. The average Bonchev–Trinajstić information content (AvgIpc) is 3.32. The Morgan fingerprint density at radius 3 is 2.96 bits per heavy atom. The van der Waals surface area contributed by atoms with Gasteiger partial charge in [-0.05, 0) is 30.5 Å². The molecule has 0 spiro atoms. The van der Waals surface area contributed by atoms with Crippen molar-refractivity contribution >= 4 is 22.9 Å². The molecule has 126 valence electrons. The number of hydrogen-bond donors (Lipinski definition) is 1. The van der Waals surface area contributed by atoms with Crippen LogP contribution in [0.15, 0.2) is 42.0 Å². The molecule has 0 atom stereocenters. The van der Waals surface area contributed by atoms with Crippen molar-refractivity contribution in [2.24, 2.45) is 7.05 Å². The largest absolute Gasteiger partial charge is 0.346 e. The Morgan fingerprint density at radius 1 is 1.36 bits per heavy atom. The quantitative estimate of drug-likeness (QED) is 0.612. The summed E-state index contributed by atoms with van der Waals surface area (Å²) in [4.78, 5) is 18.0. The Labute approximate surface area is 147 Å². The van der Waals surface area contributed by atoms with E-state index in [1.54, 1.807) is 32.9 Å². The SMILES string of the molecule is Cc1cc(CNC(=O)c2cnn3c(-c4cccs4)ccnc23)n(C)n1. The highest BCUT2D eigenvalue weighted by atomic mass is 32.1. The van der Waals surface area contributed by atoms with Crippen molar-refractivity contribution in [1.82, 2.24) is 29.7 Å². The first-order valence-electron chi connectivity index (χ1n) is 7.78. The highest BCUT2D eigenvalue weighted by Crippen LogP contribution is 2.25. The van der Waals surface area contributed by atoms with Gasteiger partial charge in [0.2, 0.25) is 0 Å². The molecule has 8 heteroatoms. The van der Waals surface area contributed by atoms with Gasteiger partial charge in [0.05, 0.1) is 34.7 Å². The van der Waals surface area contributed by atoms with E-state index in [-0.39, 0.29) is 5.91 Å². The van der Waals surface area contributed by atoms with Gasteiger partial charge in [0.15, 0.2) is 5.65 Å². The van der Waals surface area contributed by atoms with Crippen LogP contribution < -0.4 is 5.32 Å². The van der Waals surface area contributed by atoms with E-state index in [1.165, 1.54) is 0 Å². The Kier molecular flexibility index (Phi) is 3.81. The van der Waals surface area contributed by atoms with Crippen molar-refractivity contribution in [3.63, 3.8) is 0 Å². The molecule has 0 unspecified atom stereocenters. The van der Waals surface area contributed by atoms with Crippen LogP contribution in [0.2, 0.25) is 0 Å². The molecular formula is C17H16N6OS. The molecule has 1 amide bonds. The fourth-order valence-electron chi connectivity index (χ4n) is 2.76. The molecule has 0 aromatic carbocycles. The minimum atomic E-state index is -0.204. The topological polar surface area (TPSA) is 77.1 Å². The third-order valence-corrected chi connectivity index (χ3v) is 4.84. The lowest BCUT2D eigenvalue weighted by Crippen LogP contribution is -2.24. The Balaban J connectivity index is 1.62. The molecule has 4 heterocycles. The van der Waals surface area contributed by atoms with Gasteiger partial charge in [0, 0.05) is 13.2 Å². The normalized spacial score (nSPS) is 11.1. The second-order valence-corrected chi connectivity index (χ2v) is 6.63. The number of nitrogens with one attached hydrogen (secondary N) is 1. The van der Waals surface area contributed by atoms with Crippen LogP contribution >= 0.6 is 11.3 Å². The molecule has 0 fully saturated rings. The molecule has 0 aliphatic carbocycles. The summed E-state index contributed by atoms with van der Waals surface area (Å²) in [6.07, 6.45) is 3.26. The molecule has 4 rings (SSSR count). The average molecular weight is 352 g/mol. The van der Waals surface area contributed by atoms with Crippen molar-refractivity contribution in [2.45, 2.75) is 13.5 Å². The maximum absolute atomic E-state index is 12.6. The molecule has 25 heavy (non-hydrogen) atoms. The maximum atomic E-state index is 12.6. The fraction of sp³-hybridized carbons (Fsp3) is 0.176. The number of thiophene rings is 1. The molecule has 4 aromatic heterocycles. The molecule has 7 nitrogen and oxygen atoms in total. The lowest BCUT2D eigenvalue weighted by molar-refractivity contribution is 0.0951. The monoisotopic (exact) mass is 352 g/mol. The van der Waals surface area contributed by atoms with Crippen LogP contribution in [0.4, 0.5) is 0 Å². The van der Waals surface area contributed by atoms with Crippen LogP contribution in [0.1, 0.15) is 21.7 Å². The van der Waals surface area contributed by atoms with Gasteiger partial charge in [-0.2, -0.15) is 10.2 Å². The van der Waals surface area contributed by atoms with Gasteiger partial charge >= 0.3 is 0 Å². The number of amides is 1. The summed E-state index contributed by atoms with van der Waals surface area (Å²) in [5.74, 6) is -0.204. The zero-order valence-electron chi connectivity index (χ0n) is 13.8. The van der Waals surface area contributed by atoms with Gasteiger partial charge in [-0.3, -0.25) is 9.48 Å². The Hall–Kier alpha value is -3.00. The van der Waals surface area contributed by atoms with E-state index in [0.717, 1.165) is 22.0 Å². The Bertz CT molecular complexity index is 1050. The van der Waals surface area contributed by atoms with E-state index < -0.39 is 0 Å². The minimum Gasteiger partial charge on any atom is -0.346 e. The highest BCUT2D eigenvalue weighted by molar-refractivity contribution is 7.13. The smallest absolute Gasteiger partial charge is 0.257 e. The number of fused-ring (bicyclic) bond motifs is 1. The predicted molar refractivity (Wildman–Crippen MR) is 95.4 cm³/mol. The molecule has 0 aliphatic heterocycles. The summed E-state index contributed by atoms with van der Waals surface area (Å²) in [5, 5.41) is 13.6. The first-order chi connectivity index (χ1) is 12.1. The summed E-state index contributed by atoms with van der Waals surface area (Å²) in [5.41, 5.74) is 3.78. The number of hydrogen-bond acceptors (Lipinski definition) is 5. The first kappa shape index (κ1) is 15.5. The third kappa shape index (κ3) is 2.80. The van der Waals surface area contributed by atoms with Crippen molar-refractivity contribution in [1.29, 1.82) is 0 Å². The number of aryl methyl sites for hydroxylation is 2. The number of aromatic nitrogens is 5. The summed E-state index contributed by atoms with van der Waals surface area (Å²) < 4.78 is 3.47. The van der Waals surface area contributed by atoms with Crippen molar-refractivity contribution < 1.29 is 4.79 Å². The van der Waals surface area contributed by atoms with E-state index in [9.17, 15) is 4.79 Å². The number of carbonyl (C=O) groups excluding carboxylic acids is 1. The molecule has 0 radical (unpaired) electrons. The van der Waals surface area contributed by atoms with E-state index in [1.807, 2.05) is 43.6 Å². The summed E-state index contributed by atoms with van der Waals surface area (Å²) in [6.45, 7) is 2.32. The molecule has 4 aromatic rings. The second kappa shape index (κ2) is 6.14. The molecule has 0 saturated heterocycles. The molecular weight excluding hydrogens is 336 g/mol. The van der Waals surface area contributed by atoms with Crippen LogP contribution in [-0.4, -0.2) is 30.3 Å². The molecule has 0 bridgehead atoms. The van der Waals surface area contributed by atoms with Gasteiger partial charge in [0.25, 0.3) is 5.91 Å². The minimum absolute atomic E-state index is 0.204. The molecule has 0 saturated carbocycles. The number of carbonyl (C=O) groups is 1. The number of nitrogens with zero attached hydrogens (tertiary/aromatic N) is 5. The Morgan fingerprint density at radius 2 is 2.24 bits per heavy atom. The van der Waals surface area contributed by atoms with Gasteiger partial charge in [-0.1, -0.05) is 6.07 Å².